The molecule has 0 aliphatic rings. The van der Waals surface area contributed by atoms with Crippen LogP contribution >= 0.6 is 15.9 Å². The van der Waals surface area contributed by atoms with E-state index in [-0.39, 0.29) is 12.1 Å². The van der Waals surface area contributed by atoms with Crippen LogP contribution in [0.4, 0.5) is 5.69 Å². The smallest absolute Gasteiger partial charge is 0.283 e. The number of methoxy groups -OCH3 is 1. The van der Waals surface area contributed by atoms with Gasteiger partial charge in [-0.3, -0.25) is 4.79 Å². The molecule has 0 unspecified atom stereocenters. The first-order valence-electron chi connectivity index (χ1n) is 13.9. The summed E-state index contributed by atoms with van der Waals surface area (Å²) in [6.07, 6.45) is 0.793. The summed E-state index contributed by atoms with van der Waals surface area (Å²) in [5.74, 6) is 2.18. The number of anilines is 1. The van der Waals surface area contributed by atoms with Gasteiger partial charge >= 0.3 is 0 Å². The highest BCUT2D eigenvalue weighted by molar-refractivity contribution is 9.10. The first-order chi connectivity index (χ1) is 21.0. The highest BCUT2D eigenvalue weighted by Gasteiger charge is 2.18. The second-order valence-electron chi connectivity index (χ2n) is 9.56. The molecule has 2 N–H and O–H groups in total. The summed E-state index contributed by atoms with van der Waals surface area (Å²) >= 11 is 3.51. The Morgan fingerprint density at radius 3 is 2.42 bits per heavy atom. The second-order valence-corrected chi connectivity index (χ2v) is 10.3. The van der Waals surface area contributed by atoms with E-state index in [9.17, 15) is 4.79 Å². The van der Waals surface area contributed by atoms with E-state index in [1.165, 1.54) is 4.68 Å². The van der Waals surface area contributed by atoms with E-state index in [1.54, 1.807) is 7.11 Å². The molecule has 0 aliphatic carbocycles. The van der Waals surface area contributed by atoms with E-state index < -0.39 is 0 Å². The predicted octanol–water partition coefficient (Wildman–Crippen LogP) is 5.71. The molecule has 0 bridgehead atoms. The number of nitrogens with zero attached hydrogens (tertiary/aromatic N) is 5. The Balaban J connectivity index is 1.38. The van der Waals surface area contributed by atoms with Gasteiger partial charge in [-0.1, -0.05) is 61.5 Å². The molecule has 2 aromatic heterocycles. The van der Waals surface area contributed by atoms with Crippen LogP contribution in [-0.2, 0) is 13.1 Å². The average Bonchev–Trinajstić information content (AvgIpc) is 3.58. The molecule has 3 aromatic carbocycles. The molecule has 222 valence electrons. The van der Waals surface area contributed by atoms with Gasteiger partial charge in [-0.15, -0.1) is 15.3 Å². The summed E-state index contributed by atoms with van der Waals surface area (Å²) in [6.45, 7) is 5.60. The highest BCUT2D eigenvalue weighted by Crippen LogP contribution is 2.32. The third-order valence-corrected chi connectivity index (χ3v) is 7.35. The Kier molecular flexibility index (Phi) is 9.67. The van der Waals surface area contributed by atoms with Crippen molar-refractivity contribution in [2.45, 2.75) is 33.4 Å². The number of hydrogen-bond donors (Lipinski definition) is 2. The lowest BCUT2D eigenvalue weighted by Gasteiger charge is -2.17. The second kappa shape index (κ2) is 14.0. The minimum atomic E-state index is -0.275. The molecule has 12 heteroatoms. The number of halogens is 1. The summed E-state index contributed by atoms with van der Waals surface area (Å²) in [4.78, 5) is 13.4. The van der Waals surface area contributed by atoms with Crippen LogP contribution < -0.4 is 25.1 Å². The van der Waals surface area contributed by atoms with Gasteiger partial charge in [-0.2, -0.15) is 5.21 Å². The fourth-order valence-electron chi connectivity index (χ4n) is 4.54. The molecule has 0 saturated carbocycles. The van der Waals surface area contributed by atoms with Gasteiger partial charge in [0.25, 0.3) is 11.4 Å². The van der Waals surface area contributed by atoms with Crippen LogP contribution in [0.25, 0.3) is 22.5 Å². The Bertz CT molecular complexity index is 1720. The first-order valence-corrected chi connectivity index (χ1v) is 14.7. The maximum Gasteiger partial charge on any atom is 0.283 e. The number of aromatic amines is 1. The third-order valence-electron chi connectivity index (χ3n) is 6.62. The van der Waals surface area contributed by atoms with E-state index >= 15 is 0 Å². The van der Waals surface area contributed by atoms with Gasteiger partial charge in [-0.25, -0.2) is 4.68 Å². The van der Waals surface area contributed by atoms with E-state index in [0.29, 0.717) is 53.1 Å². The maximum absolute atomic E-state index is 13.4. The number of rotatable bonds is 13. The molecule has 5 rings (SSSR count). The number of aromatic nitrogens is 6. The summed E-state index contributed by atoms with van der Waals surface area (Å²) in [5, 5.41) is 22.4. The third kappa shape index (κ3) is 6.86. The maximum atomic E-state index is 13.4. The molecule has 0 atom stereocenters. The molecule has 5 aromatic rings. The Hall–Kier alpha value is -4.71. The Morgan fingerprint density at radius 2 is 1.72 bits per heavy atom. The van der Waals surface area contributed by atoms with E-state index in [0.717, 1.165) is 34.2 Å². The minimum absolute atomic E-state index is 0.267. The molecule has 0 amide bonds. The quantitative estimate of drug-likeness (QED) is 0.165. The van der Waals surface area contributed by atoms with Gasteiger partial charge in [0, 0.05) is 12.1 Å². The summed E-state index contributed by atoms with van der Waals surface area (Å²) in [5.41, 5.74) is 4.91. The number of hydrogen-bond acceptors (Lipinski definition) is 9. The molecule has 0 spiro atoms. The van der Waals surface area contributed by atoms with Crippen molar-refractivity contribution in [3.63, 3.8) is 0 Å². The standard InChI is InChI=1S/C31H32BrN7O4/c1-4-16-43-30-28(33-18-21-12-15-25(41-3)26(17-21)42-5-2)27(32)31(40)39(36-30)19-20-10-13-22(14-11-20)23-8-6-7-9-24(23)29-34-37-38-35-29/h6-15,17,33H,4-5,16,18-19H2,1-3H3,(H,34,35,37,38). The van der Waals surface area contributed by atoms with Crippen LogP contribution in [0.5, 0.6) is 17.4 Å². The lowest BCUT2D eigenvalue weighted by atomic mass is 9.98. The fraction of sp³-hybridized carbons (Fsp3) is 0.258. The monoisotopic (exact) mass is 645 g/mol. The predicted molar refractivity (Wildman–Crippen MR) is 168 cm³/mol. The first kappa shape index (κ1) is 29.8. The van der Waals surface area contributed by atoms with Gasteiger partial charge < -0.3 is 19.5 Å². The molecule has 11 nitrogen and oxygen atoms in total. The zero-order valence-corrected chi connectivity index (χ0v) is 25.7. The molecule has 2 heterocycles. The average molecular weight is 647 g/mol. The van der Waals surface area contributed by atoms with Crippen LogP contribution in [0.15, 0.2) is 76.0 Å². The number of benzene rings is 3. The van der Waals surface area contributed by atoms with Crippen molar-refractivity contribution in [1.29, 1.82) is 0 Å². The van der Waals surface area contributed by atoms with Gasteiger partial charge in [0.15, 0.2) is 11.5 Å². The van der Waals surface area contributed by atoms with Gasteiger partial charge in [0.05, 0.1) is 26.9 Å². The van der Waals surface area contributed by atoms with Crippen molar-refractivity contribution in [3.05, 3.63) is 92.7 Å². The number of nitrogens with one attached hydrogen (secondary N) is 2. The van der Waals surface area contributed by atoms with E-state index in [4.69, 9.17) is 14.2 Å². The van der Waals surface area contributed by atoms with E-state index in [2.05, 4.69) is 47.0 Å². The topological polar surface area (TPSA) is 129 Å². The highest BCUT2D eigenvalue weighted by atomic mass is 79.9. The number of H-pyrrole nitrogens is 1. The van der Waals surface area contributed by atoms with Gasteiger partial charge in [0.2, 0.25) is 5.82 Å². The van der Waals surface area contributed by atoms with Crippen LogP contribution in [0.3, 0.4) is 0 Å². The minimum Gasteiger partial charge on any atom is -0.493 e. The molecular formula is C31H32BrN7O4. The Labute approximate surface area is 257 Å². The van der Waals surface area contributed by atoms with Crippen LogP contribution in [0.2, 0.25) is 0 Å². The van der Waals surface area contributed by atoms with Crippen molar-refractivity contribution in [2.75, 3.05) is 25.6 Å². The normalized spacial score (nSPS) is 10.9. The van der Waals surface area contributed by atoms with Crippen LogP contribution in [-0.4, -0.2) is 50.7 Å². The van der Waals surface area contributed by atoms with Crippen molar-refractivity contribution >= 4 is 21.6 Å². The molecule has 0 aliphatic heterocycles. The van der Waals surface area contributed by atoms with Crippen molar-refractivity contribution < 1.29 is 14.2 Å². The molecule has 43 heavy (non-hydrogen) atoms. The number of tetrazole rings is 1. The summed E-state index contributed by atoms with van der Waals surface area (Å²) in [7, 11) is 1.61. The van der Waals surface area contributed by atoms with Crippen molar-refractivity contribution in [3.8, 4) is 39.9 Å². The molecular weight excluding hydrogens is 614 g/mol. The lowest BCUT2D eigenvalue weighted by molar-refractivity contribution is 0.296. The zero-order chi connectivity index (χ0) is 30.2. The van der Waals surface area contributed by atoms with Gasteiger partial charge in [-0.05, 0) is 68.9 Å². The van der Waals surface area contributed by atoms with Crippen LogP contribution in [0.1, 0.15) is 31.4 Å². The summed E-state index contributed by atoms with van der Waals surface area (Å²) < 4.78 is 18.8. The van der Waals surface area contributed by atoms with Crippen LogP contribution in [0, 0.1) is 0 Å². The molecule has 0 saturated heterocycles. The van der Waals surface area contributed by atoms with Crippen molar-refractivity contribution in [1.82, 2.24) is 30.4 Å². The lowest BCUT2D eigenvalue weighted by Crippen LogP contribution is -2.26. The van der Waals surface area contributed by atoms with Gasteiger partial charge in [0.1, 0.15) is 10.2 Å². The Morgan fingerprint density at radius 1 is 0.953 bits per heavy atom. The molecule has 0 radical (unpaired) electrons. The SMILES string of the molecule is CCCOc1nn(Cc2ccc(-c3ccccc3-c3nn[nH]n3)cc2)c(=O)c(Br)c1NCc1ccc(OC)c(OCC)c1. The fourth-order valence-corrected chi connectivity index (χ4v) is 5.05. The number of ether oxygens (including phenoxy) is 3. The van der Waals surface area contributed by atoms with Crippen molar-refractivity contribution in [2.24, 2.45) is 0 Å². The largest absolute Gasteiger partial charge is 0.493 e. The summed E-state index contributed by atoms with van der Waals surface area (Å²) in [6, 6.07) is 21.5. The van der Waals surface area contributed by atoms with E-state index in [1.807, 2.05) is 80.6 Å². The molecule has 0 fully saturated rings. The zero-order valence-electron chi connectivity index (χ0n) is 24.1.